The van der Waals surface area contributed by atoms with Crippen LogP contribution >= 0.6 is 11.6 Å². The second kappa shape index (κ2) is 8.93. The first-order valence-electron chi connectivity index (χ1n) is 10.9. The fraction of sp³-hybridized carbons (Fsp3) is 0.222. The number of allylic oxidation sites excluding steroid dienone is 1. The van der Waals surface area contributed by atoms with Gasteiger partial charge >= 0.3 is 0 Å². The molecule has 0 spiro atoms. The van der Waals surface area contributed by atoms with E-state index in [1.54, 1.807) is 13.2 Å². The van der Waals surface area contributed by atoms with Crippen LogP contribution in [0.5, 0.6) is 17.2 Å². The normalized spacial score (nSPS) is 16.2. The Morgan fingerprint density at radius 1 is 1.12 bits per heavy atom. The van der Waals surface area contributed by atoms with Gasteiger partial charge in [0, 0.05) is 29.2 Å². The van der Waals surface area contributed by atoms with E-state index in [0.717, 1.165) is 51.7 Å². The molecule has 33 heavy (non-hydrogen) atoms. The van der Waals surface area contributed by atoms with Gasteiger partial charge in [0.05, 0.1) is 12.7 Å². The number of fused-ring (bicyclic) bond motifs is 2. The Balaban J connectivity index is 1.35. The third-order valence-electron chi connectivity index (χ3n) is 6.07. The maximum absolute atomic E-state index is 13.1. The highest BCUT2D eigenvalue weighted by atomic mass is 35.5. The Morgan fingerprint density at radius 3 is 2.67 bits per heavy atom. The Labute approximate surface area is 198 Å². The van der Waals surface area contributed by atoms with Gasteiger partial charge in [-0.3, -0.25) is 9.69 Å². The van der Waals surface area contributed by atoms with Gasteiger partial charge in [0.25, 0.3) is 0 Å². The molecule has 0 amide bonds. The molecular formula is C27H24ClNO4. The molecule has 0 N–H and O–H groups in total. The van der Waals surface area contributed by atoms with Crippen LogP contribution in [0.3, 0.4) is 0 Å². The summed E-state index contributed by atoms with van der Waals surface area (Å²) in [6.07, 6.45) is 2.59. The molecule has 5 rings (SSSR count). The molecule has 0 aliphatic carbocycles. The molecule has 5 nitrogen and oxygen atoms in total. The molecule has 0 fully saturated rings. The van der Waals surface area contributed by atoms with Gasteiger partial charge in [0.1, 0.15) is 24.0 Å². The van der Waals surface area contributed by atoms with Crippen molar-refractivity contribution in [3.63, 3.8) is 0 Å². The average molecular weight is 462 g/mol. The summed E-state index contributed by atoms with van der Waals surface area (Å²) in [5.41, 5.74) is 4.44. The number of ether oxygens (including phenoxy) is 3. The number of ketones is 1. The molecule has 2 aliphatic heterocycles. The molecule has 168 valence electrons. The Bertz CT molecular complexity index is 1250. The summed E-state index contributed by atoms with van der Waals surface area (Å²) in [7, 11) is 1.62. The molecule has 2 heterocycles. The van der Waals surface area contributed by atoms with Gasteiger partial charge in [-0.25, -0.2) is 0 Å². The van der Waals surface area contributed by atoms with Crippen LogP contribution in [0.2, 0.25) is 5.02 Å². The molecular weight excluding hydrogens is 438 g/mol. The van der Waals surface area contributed by atoms with Crippen LogP contribution in [0.15, 0.2) is 60.4 Å². The number of carbonyl (C=O) groups excluding carboxylic acids is 1. The molecule has 3 aromatic rings. The minimum Gasteiger partial charge on any atom is -0.497 e. The molecule has 0 saturated heterocycles. The number of methoxy groups -OCH3 is 1. The van der Waals surface area contributed by atoms with Crippen LogP contribution in [-0.4, -0.2) is 31.1 Å². The summed E-state index contributed by atoms with van der Waals surface area (Å²) < 4.78 is 17.3. The smallest absolute Gasteiger partial charge is 0.231 e. The van der Waals surface area contributed by atoms with E-state index in [4.69, 9.17) is 25.8 Å². The van der Waals surface area contributed by atoms with Gasteiger partial charge in [-0.1, -0.05) is 41.9 Å². The standard InChI is InChI=1S/C27H24ClNO4/c1-17-26-20(15-29(16-32-26)12-11-19-5-3-4-6-23(19)28)14-22-25(30)24(33-27(17)22)13-18-7-9-21(31-2)10-8-18/h3-10,13-14H,11-12,15-16H2,1-2H3/b24-13-. The van der Waals surface area contributed by atoms with E-state index < -0.39 is 0 Å². The highest BCUT2D eigenvalue weighted by molar-refractivity contribution is 6.31. The van der Waals surface area contributed by atoms with Crippen molar-refractivity contribution in [1.82, 2.24) is 4.90 Å². The predicted molar refractivity (Wildman–Crippen MR) is 128 cm³/mol. The minimum absolute atomic E-state index is 0.111. The Kier molecular flexibility index (Phi) is 5.83. The first-order valence-corrected chi connectivity index (χ1v) is 11.2. The average Bonchev–Trinajstić information content (AvgIpc) is 3.14. The topological polar surface area (TPSA) is 48.0 Å². The zero-order valence-corrected chi connectivity index (χ0v) is 19.3. The van der Waals surface area contributed by atoms with E-state index >= 15 is 0 Å². The van der Waals surface area contributed by atoms with Crippen LogP contribution < -0.4 is 14.2 Å². The summed E-state index contributed by atoms with van der Waals surface area (Å²) in [5.74, 6) is 2.36. The van der Waals surface area contributed by atoms with Crippen LogP contribution in [-0.2, 0) is 13.0 Å². The second-order valence-electron chi connectivity index (χ2n) is 8.25. The van der Waals surface area contributed by atoms with E-state index in [9.17, 15) is 4.79 Å². The van der Waals surface area contributed by atoms with Gasteiger partial charge in [-0.05, 0) is 54.8 Å². The molecule has 0 radical (unpaired) electrons. The van der Waals surface area contributed by atoms with Gasteiger partial charge in [-0.15, -0.1) is 0 Å². The van der Waals surface area contributed by atoms with Gasteiger partial charge in [0.2, 0.25) is 5.78 Å². The lowest BCUT2D eigenvalue weighted by Crippen LogP contribution is -2.34. The molecule has 0 aromatic heterocycles. The largest absolute Gasteiger partial charge is 0.497 e. The number of nitrogens with zero attached hydrogens (tertiary/aromatic N) is 1. The van der Waals surface area contributed by atoms with Crippen LogP contribution in [0.25, 0.3) is 6.08 Å². The third-order valence-corrected chi connectivity index (χ3v) is 6.44. The molecule has 2 aliphatic rings. The quantitative estimate of drug-likeness (QED) is 0.458. The molecule has 0 saturated carbocycles. The Morgan fingerprint density at radius 2 is 1.91 bits per heavy atom. The summed E-state index contributed by atoms with van der Waals surface area (Å²) in [4.78, 5) is 15.3. The lowest BCUT2D eigenvalue weighted by Gasteiger charge is -2.30. The van der Waals surface area contributed by atoms with Crippen molar-refractivity contribution in [2.24, 2.45) is 0 Å². The number of rotatable bonds is 5. The number of hydrogen-bond acceptors (Lipinski definition) is 5. The second-order valence-corrected chi connectivity index (χ2v) is 8.65. The van der Waals surface area contributed by atoms with E-state index in [2.05, 4.69) is 4.90 Å². The highest BCUT2D eigenvalue weighted by Crippen LogP contribution is 2.43. The number of Topliss-reactive ketones (excluding diaryl/α,β-unsaturated/α-hetero) is 1. The molecule has 0 atom stereocenters. The molecule has 3 aromatic carbocycles. The summed E-state index contributed by atoms with van der Waals surface area (Å²) in [6.45, 7) is 3.95. The first kappa shape index (κ1) is 21.6. The number of hydrogen-bond donors (Lipinski definition) is 0. The molecule has 6 heteroatoms. The number of benzene rings is 3. The van der Waals surface area contributed by atoms with Crippen molar-refractivity contribution in [3.05, 3.63) is 93.2 Å². The molecule has 0 unspecified atom stereocenters. The number of carbonyl (C=O) groups is 1. The maximum Gasteiger partial charge on any atom is 0.231 e. The lowest BCUT2D eigenvalue weighted by molar-refractivity contribution is 0.0954. The predicted octanol–water partition coefficient (Wildman–Crippen LogP) is 5.67. The van der Waals surface area contributed by atoms with Crippen molar-refractivity contribution in [2.75, 3.05) is 20.4 Å². The Hall–Kier alpha value is -3.28. The summed E-state index contributed by atoms with van der Waals surface area (Å²) >= 11 is 6.30. The van der Waals surface area contributed by atoms with E-state index in [1.807, 2.05) is 61.5 Å². The van der Waals surface area contributed by atoms with Crippen molar-refractivity contribution >= 4 is 23.5 Å². The highest BCUT2D eigenvalue weighted by Gasteiger charge is 2.33. The van der Waals surface area contributed by atoms with Crippen LogP contribution in [0.1, 0.15) is 32.6 Å². The SMILES string of the molecule is COc1ccc(/C=C2\Oc3c(cc4c(c3C)OCN(CCc3ccccc3Cl)C4)C2=O)cc1. The fourth-order valence-electron chi connectivity index (χ4n) is 4.27. The fourth-order valence-corrected chi connectivity index (χ4v) is 4.50. The summed E-state index contributed by atoms with van der Waals surface area (Å²) in [5, 5.41) is 0.781. The van der Waals surface area contributed by atoms with Crippen LogP contribution in [0.4, 0.5) is 0 Å². The number of halogens is 1. The van der Waals surface area contributed by atoms with E-state index in [0.29, 0.717) is 30.3 Å². The van der Waals surface area contributed by atoms with Crippen molar-refractivity contribution < 1.29 is 19.0 Å². The van der Waals surface area contributed by atoms with Gasteiger partial charge in [-0.2, -0.15) is 0 Å². The van der Waals surface area contributed by atoms with Crippen LogP contribution in [0, 0.1) is 6.92 Å². The maximum atomic E-state index is 13.1. The van der Waals surface area contributed by atoms with E-state index in [-0.39, 0.29) is 5.78 Å². The van der Waals surface area contributed by atoms with E-state index in [1.165, 1.54) is 0 Å². The lowest BCUT2D eigenvalue weighted by atomic mass is 10.00. The van der Waals surface area contributed by atoms with Crippen molar-refractivity contribution in [3.8, 4) is 17.2 Å². The summed E-state index contributed by atoms with van der Waals surface area (Å²) in [6, 6.07) is 17.3. The third kappa shape index (κ3) is 4.22. The monoisotopic (exact) mass is 461 g/mol. The van der Waals surface area contributed by atoms with Crippen molar-refractivity contribution in [2.45, 2.75) is 19.9 Å². The zero-order chi connectivity index (χ0) is 22.9. The minimum atomic E-state index is -0.111. The van der Waals surface area contributed by atoms with Gasteiger partial charge < -0.3 is 14.2 Å². The van der Waals surface area contributed by atoms with Gasteiger partial charge in [0.15, 0.2) is 5.76 Å². The molecule has 0 bridgehead atoms. The first-order chi connectivity index (χ1) is 16.0. The van der Waals surface area contributed by atoms with Crippen molar-refractivity contribution in [1.29, 1.82) is 0 Å². The zero-order valence-electron chi connectivity index (χ0n) is 18.6.